The predicted molar refractivity (Wildman–Crippen MR) is 420 cm³/mol. The number of carbonyl (C=O) groups is 15. The number of amides is 14. The van der Waals surface area contributed by atoms with E-state index in [0.29, 0.717) is 34.0 Å². The zero-order valence-corrected chi connectivity index (χ0v) is 65.1. The van der Waals surface area contributed by atoms with E-state index in [9.17, 15) is 78.0 Å². The molecule has 115 heavy (non-hydrogen) atoms. The van der Waals surface area contributed by atoms with Crippen molar-refractivity contribution in [3.05, 3.63) is 132 Å². The molecule has 6 rings (SSSR count). The number of fused-ring (bicyclic) bond motifs is 1. The van der Waals surface area contributed by atoms with E-state index in [-0.39, 0.29) is 70.2 Å². The fourth-order valence-electron chi connectivity index (χ4n) is 11.7. The molecule has 1 fully saturated rings. The molecule has 26 N–H and O–H groups in total. The van der Waals surface area contributed by atoms with Gasteiger partial charge in [0.2, 0.25) is 82.7 Å². The largest absolute Gasteiger partial charge is 0.480 e. The van der Waals surface area contributed by atoms with Crippen LogP contribution in [-0.2, 0) is 97.6 Å². The molecule has 39 nitrogen and oxygen atoms in total. The maximum atomic E-state index is 15.3. The summed E-state index contributed by atoms with van der Waals surface area (Å²) in [6.07, 6.45) is 0.120. The molecular weight excluding hydrogens is 1540 g/mol. The lowest BCUT2D eigenvalue weighted by Gasteiger charge is -2.29. The molecule has 624 valence electrons. The first-order valence-electron chi connectivity index (χ1n) is 37.1. The van der Waals surface area contributed by atoms with E-state index in [2.05, 4.69) is 84.1 Å². The highest BCUT2D eigenvalue weighted by Gasteiger charge is 2.40. The van der Waals surface area contributed by atoms with Gasteiger partial charge in [-0.2, -0.15) is 0 Å². The predicted octanol–water partition coefficient (Wildman–Crippen LogP) is -6.12. The van der Waals surface area contributed by atoms with E-state index in [1.165, 1.54) is 25.5 Å². The Balaban J connectivity index is 1.47. The van der Waals surface area contributed by atoms with Gasteiger partial charge in [0.05, 0.1) is 43.5 Å². The molecule has 15 atom stereocenters. The number of aromatic nitrogens is 3. The molecule has 0 spiro atoms. The Bertz CT molecular complexity index is 4130. The second-order valence-electron chi connectivity index (χ2n) is 27.3. The van der Waals surface area contributed by atoms with Crippen molar-refractivity contribution < 1.29 is 92.3 Å². The van der Waals surface area contributed by atoms with Crippen molar-refractivity contribution >= 4 is 121 Å². The third-order valence-corrected chi connectivity index (χ3v) is 20.4. The van der Waals surface area contributed by atoms with Crippen molar-refractivity contribution in [2.75, 3.05) is 37.7 Å². The topological polar surface area (TPSA) is 639 Å². The average Bonchev–Trinajstić information content (AvgIpc) is 1.71. The van der Waals surface area contributed by atoms with Gasteiger partial charge >= 0.3 is 5.97 Å². The lowest BCUT2D eigenvalue weighted by molar-refractivity contribution is -0.142. The Hall–Kier alpha value is -11.2. The van der Waals surface area contributed by atoms with Crippen molar-refractivity contribution in [1.29, 1.82) is 0 Å². The summed E-state index contributed by atoms with van der Waals surface area (Å²) in [7, 11) is 1.48. The van der Waals surface area contributed by atoms with Gasteiger partial charge in [0, 0.05) is 72.9 Å². The number of hydrogen-bond acceptors (Lipinski definition) is 25. The summed E-state index contributed by atoms with van der Waals surface area (Å²) in [6.45, 7) is 1.84. The van der Waals surface area contributed by atoms with Crippen LogP contribution in [0.15, 0.2) is 110 Å². The van der Waals surface area contributed by atoms with Crippen molar-refractivity contribution in [3.8, 4) is 0 Å². The molecule has 0 radical (unpaired) electrons. The smallest absolute Gasteiger partial charge is 0.327 e. The van der Waals surface area contributed by atoms with Crippen LogP contribution in [-0.4, -0.2) is 253 Å². The second-order valence-corrected chi connectivity index (χ2v) is 29.9. The number of nitrogens with zero attached hydrogens (tertiary/aromatic N) is 2. The minimum Gasteiger partial charge on any atom is -0.480 e. The number of para-hydroxylation sites is 1. The zero-order valence-electron chi connectivity index (χ0n) is 63.5. The van der Waals surface area contributed by atoms with Crippen molar-refractivity contribution in [1.82, 2.24) is 84.1 Å². The molecule has 1 aliphatic heterocycles. The van der Waals surface area contributed by atoms with Gasteiger partial charge in [0.15, 0.2) is 0 Å². The van der Waals surface area contributed by atoms with Crippen LogP contribution in [0.2, 0.25) is 0 Å². The molecule has 14 amide bonds. The van der Waals surface area contributed by atoms with Gasteiger partial charge in [0.25, 0.3) is 0 Å². The Labute approximate surface area is 669 Å². The fourth-order valence-corrected chi connectivity index (χ4v) is 14.1. The minimum atomic E-state index is -1.99. The Morgan fingerprint density at radius 1 is 0.522 bits per heavy atom. The molecule has 0 saturated carbocycles. The first kappa shape index (κ1) is 92.7. The number of H-pyrrole nitrogens is 1. The highest BCUT2D eigenvalue weighted by Crippen LogP contribution is 2.24. The number of aliphatic hydroxyl groups excluding tert-OH is 3. The van der Waals surface area contributed by atoms with Crippen LogP contribution in [0.3, 0.4) is 0 Å². The number of carboxylic acid groups (broad SMARTS) is 1. The lowest BCUT2D eigenvalue weighted by Crippen LogP contribution is -2.63. The molecule has 1 saturated heterocycles. The summed E-state index contributed by atoms with van der Waals surface area (Å²) >= 11 is 0. The first-order chi connectivity index (χ1) is 54.9. The summed E-state index contributed by atoms with van der Waals surface area (Å²) in [5, 5.41) is 75.8. The van der Waals surface area contributed by atoms with Gasteiger partial charge in [-0.15, -0.1) is 0 Å². The van der Waals surface area contributed by atoms with Gasteiger partial charge < -0.3 is 117 Å². The summed E-state index contributed by atoms with van der Waals surface area (Å²) in [6, 6.07) is 0.800. The SMILES string of the molecule is C[C@H](N)C(=O)NCC(=O)N[C@H]1CSSC[C@@H](C(=O)O)NC(=O)[C@H](CO)NC(=O)[C@H]([C@@H](C)O)NC(=O)[C@H](Cc2ccccc2)NC(=O)[C@H]([C@@H](C)O)NC(=O)[C@H](CCCCN)NC(=O)[C@@H](Cc2c[nH]c3ccccc23)NC(=O)[C@H](Cc2cnccn2)NC(=O)[C@H](Cc2ccccc2)NC(=O)[C@H](CC(N)=O)NC(=O)[C@H](CCCCN)NC1=O. The number of rotatable bonds is 26. The number of aromatic amines is 1. The highest BCUT2D eigenvalue weighted by atomic mass is 33.1. The fraction of sp³-hybridized carbons (Fsp3) is 0.473. The molecule has 41 heteroatoms. The van der Waals surface area contributed by atoms with Gasteiger partial charge in [0.1, 0.15) is 72.5 Å². The molecule has 3 aromatic carbocycles. The number of hydrogen-bond donors (Lipinski definition) is 22. The minimum absolute atomic E-state index is 0.0973. The van der Waals surface area contributed by atoms with Crippen LogP contribution < -0.4 is 92.1 Å². The van der Waals surface area contributed by atoms with Gasteiger partial charge in [-0.1, -0.05) is 100 Å². The monoisotopic (exact) mass is 1640 g/mol. The first-order valence-corrected chi connectivity index (χ1v) is 39.6. The highest BCUT2D eigenvalue weighted by molar-refractivity contribution is 8.76. The van der Waals surface area contributed by atoms with E-state index in [0.717, 1.165) is 35.4 Å². The van der Waals surface area contributed by atoms with Crippen molar-refractivity contribution in [2.24, 2.45) is 22.9 Å². The number of nitrogens with one attached hydrogen (secondary N) is 14. The second kappa shape index (κ2) is 47.5. The molecule has 2 aromatic heterocycles. The van der Waals surface area contributed by atoms with E-state index in [1.54, 1.807) is 91.1 Å². The molecule has 0 aliphatic carbocycles. The third-order valence-electron chi connectivity index (χ3n) is 18.0. The van der Waals surface area contributed by atoms with Gasteiger partial charge in [-0.3, -0.25) is 77.1 Å². The maximum absolute atomic E-state index is 15.3. The molecule has 0 bridgehead atoms. The normalized spacial score (nSPS) is 23.7. The number of primary amides is 1. The molecule has 5 aromatic rings. The molecule has 1 aliphatic rings. The molecule has 0 unspecified atom stereocenters. The number of carbonyl (C=O) groups excluding carboxylic acids is 14. The van der Waals surface area contributed by atoms with Crippen LogP contribution in [0.1, 0.15) is 88.1 Å². The van der Waals surface area contributed by atoms with Crippen molar-refractivity contribution in [2.45, 2.75) is 182 Å². The van der Waals surface area contributed by atoms with E-state index in [1.807, 2.05) is 0 Å². The van der Waals surface area contributed by atoms with Crippen LogP contribution >= 0.6 is 21.6 Å². The third kappa shape index (κ3) is 30.6. The Kier molecular flexibility index (Phi) is 38.2. The summed E-state index contributed by atoms with van der Waals surface area (Å²) in [5.41, 5.74) is 25.2. The van der Waals surface area contributed by atoms with Crippen LogP contribution in [0.5, 0.6) is 0 Å². The Morgan fingerprint density at radius 2 is 0.965 bits per heavy atom. The summed E-state index contributed by atoms with van der Waals surface area (Å²) in [4.78, 5) is 225. The lowest BCUT2D eigenvalue weighted by atomic mass is 10.0. The van der Waals surface area contributed by atoms with Crippen LogP contribution in [0.4, 0.5) is 0 Å². The van der Waals surface area contributed by atoms with Crippen LogP contribution in [0, 0.1) is 0 Å². The van der Waals surface area contributed by atoms with Gasteiger partial charge in [-0.25, -0.2) is 4.79 Å². The number of unbranched alkanes of at least 4 members (excludes halogenated alkanes) is 2. The average molecular weight is 1640 g/mol. The quantitative estimate of drug-likeness (QED) is 0.0181. The Morgan fingerprint density at radius 3 is 1.47 bits per heavy atom. The number of aliphatic carboxylic acids is 1. The van der Waals surface area contributed by atoms with Gasteiger partial charge in [-0.05, 0) is 95.1 Å². The van der Waals surface area contributed by atoms with Crippen LogP contribution in [0.25, 0.3) is 10.9 Å². The summed E-state index contributed by atoms with van der Waals surface area (Å²) in [5.74, 6) is -18.0. The van der Waals surface area contributed by atoms with E-state index >= 15 is 14.4 Å². The van der Waals surface area contributed by atoms with Crippen molar-refractivity contribution in [3.63, 3.8) is 0 Å². The maximum Gasteiger partial charge on any atom is 0.327 e. The summed E-state index contributed by atoms with van der Waals surface area (Å²) < 4.78 is 0. The van der Waals surface area contributed by atoms with E-state index < -0.39 is 217 Å². The number of aliphatic hydroxyl groups is 3. The zero-order chi connectivity index (χ0) is 84.3. The standard InChI is InChI=1S/C74H102N20O19S2/c1-39(77)62(100)82-35-59(99)83-56-37-114-115-38-57(74(112)113)92-70(108)55(36-95)91-73(111)61(41(3)97)94-69(107)51(29-43-18-8-5-9-19-43)90-72(110)60(40(2)96)93-64(102)49(23-13-15-25-76)84-66(104)52(30-44-33-81-47-21-11-10-20-46(44)47)87-67(105)53(31-45-34-79-26-27-80-45)88-65(103)50(28-42-16-6-4-7-17-42)86-68(106)54(32-58(78)98)89-63(101)48(85-71(56)109)22-12-14-24-75/h4-11,16-21,26-27,33-34,39-41,48-57,60-61,81,95-97H,12-15,22-25,28-32,35-38,75-77H2,1-3H3,(H2,78,98)(H,82,100)(H,83,99)(H,84,104)(H,85,109)(H,86,106)(H,87,105)(H,88,103)(H,89,101)(H,90,110)(H,91,111)(H,92,108)(H,93,102)(H,94,107)(H,112,113)/t39-,40+,41+,48-,49-,50-,51-,52+,53-,54-,55-,56-,57-,60-,61-/m0/s1. The number of benzene rings is 3. The number of carboxylic acids is 1. The van der Waals surface area contributed by atoms with E-state index in [4.69, 9.17) is 22.9 Å². The molecular formula is C74H102N20O19S2. The number of nitrogens with two attached hydrogens (primary N) is 4. The molecule has 3 heterocycles.